The molecule has 5 aliphatic carbocycles. The molecule has 5 aliphatic rings. The first-order valence-corrected chi connectivity index (χ1v) is 6.90. The van der Waals surface area contributed by atoms with Crippen LogP contribution in [0.25, 0.3) is 0 Å². The fraction of sp³-hybridized carbons (Fsp3) is 0.800. The summed E-state index contributed by atoms with van der Waals surface area (Å²) in [5.41, 5.74) is 4.77. The van der Waals surface area contributed by atoms with Crippen LogP contribution in [0.5, 0.6) is 0 Å². The highest BCUT2D eigenvalue weighted by atomic mass is 16.1. The summed E-state index contributed by atoms with van der Waals surface area (Å²) in [6, 6.07) is 0. The van der Waals surface area contributed by atoms with Gasteiger partial charge in [0.25, 0.3) is 0 Å². The number of hydrogen-bond acceptors (Lipinski definition) is 1. The molecule has 5 saturated carbocycles. The number of fused-ring (bicyclic) bond motifs is 1. The average molecular weight is 216 g/mol. The highest BCUT2D eigenvalue weighted by Gasteiger charge is 2.87. The zero-order valence-electron chi connectivity index (χ0n) is 10.1. The molecule has 0 bridgehead atoms. The van der Waals surface area contributed by atoms with E-state index in [0.29, 0.717) is 22.5 Å². The van der Waals surface area contributed by atoms with E-state index in [1.165, 1.54) is 51.4 Å². The summed E-state index contributed by atoms with van der Waals surface area (Å²) in [6.45, 7) is 1.78. The molecule has 5 rings (SSSR count). The molecular formula is C15H20O. The highest BCUT2D eigenvalue weighted by molar-refractivity contribution is 5.86. The molecule has 0 unspecified atom stereocenters. The summed E-state index contributed by atoms with van der Waals surface area (Å²) in [6.07, 6.45) is 11.2. The number of hydrogen-bond donors (Lipinski definition) is 0. The van der Waals surface area contributed by atoms with Crippen LogP contribution in [0.2, 0.25) is 0 Å². The number of rotatable bonds is 1. The average Bonchev–Trinajstić information content (AvgIpc) is 2.98. The number of Topliss-reactive ketones (excluding diaryl/α,β-unsaturated/α-hetero) is 1. The predicted octanol–water partition coefficient (Wildman–Crippen LogP) is 3.64. The van der Waals surface area contributed by atoms with E-state index >= 15 is 0 Å². The van der Waals surface area contributed by atoms with E-state index in [9.17, 15) is 4.79 Å². The van der Waals surface area contributed by atoms with Gasteiger partial charge < -0.3 is 0 Å². The van der Waals surface area contributed by atoms with Crippen LogP contribution in [0.4, 0.5) is 0 Å². The lowest BCUT2D eigenvalue weighted by molar-refractivity contribution is -0.118. The van der Waals surface area contributed by atoms with Crippen LogP contribution < -0.4 is 0 Å². The molecule has 0 N–H and O–H groups in total. The monoisotopic (exact) mass is 216 g/mol. The minimum Gasteiger partial charge on any atom is -0.300 e. The lowest BCUT2D eigenvalue weighted by Crippen LogP contribution is -1.95. The van der Waals surface area contributed by atoms with E-state index in [4.69, 9.17) is 0 Å². The Hall–Kier alpha value is -0.590. The van der Waals surface area contributed by atoms with Gasteiger partial charge in [-0.3, -0.25) is 4.79 Å². The molecule has 0 radical (unpaired) electrons. The van der Waals surface area contributed by atoms with Crippen LogP contribution in [0, 0.1) is 16.7 Å². The second kappa shape index (κ2) is 2.63. The molecule has 0 aromatic heterocycles. The fourth-order valence-corrected chi connectivity index (χ4v) is 4.19. The molecule has 0 saturated heterocycles. The maximum Gasteiger partial charge on any atom is 0.134 e. The lowest BCUT2D eigenvalue weighted by atomic mass is 10.2. The SMILES string of the molecule is C1CC1=C1CC1.CC(=O)C1C2(CC2)C12CC2. The standard InChI is InChI=1S/C9H12O.C6H8/c1-6(10)7-8(2-3-8)9(7)4-5-9;1-2-5(1)6-3-4-6/h7H,2-5H2,1H3;1-4H2. The summed E-state index contributed by atoms with van der Waals surface area (Å²) in [5, 5.41) is 0. The van der Waals surface area contributed by atoms with Gasteiger partial charge in [0, 0.05) is 5.92 Å². The molecule has 2 spiro atoms. The van der Waals surface area contributed by atoms with E-state index < -0.39 is 0 Å². The normalized spacial score (nSPS) is 36.7. The van der Waals surface area contributed by atoms with Crippen molar-refractivity contribution < 1.29 is 4.79 Å². The quantitative estimate of drug-likeness (QED) is 0.612. The molecule has 1 nitrogen and oxygen atoms in total. The third kappa shape index (κ3) is 1.15. The van der Waals surface area contributed by atoms with E-state index in [1.807, 2.05) is 0 Å². The van der Waals surface area contributed by atoms with Crippen molar-refractivity contribution in [2.24, 2.45) is 16.7 Å². The fourth-order valence-electron chi connectivity index (χ4n) is 4.19. The van der Waals surface area contributed by atoms with Crippen molar-refractivity contribution in [3.05, 3.63) is 11.1 Å². The lowest BCUT2D eigenvalue weighted by Gasteiger charge is -1.83. The Morgan fingerprint density at radius 2 is 1.31 bits per heavy atom. The van der Waals surface area contributed by atoms with Gasteiger partial charge in [0.2, 0.25) is 0 Å². The Morgan fingerprint density at radius 3 is 1.44 bits per heavy atom. The van der Waals surface area contributed by atoms with E-state index in [2.05, 4.69) is 0 Å². The Labute approximate surface area is 97.3 Å². The Kier molecular flexibility index (Phi) is 1.55. The highest BCUT2D eigenvalue weighted by Crippen LogP contribution is 2.92. The summed E-state index contributed by atoms with van der Waals surface area (Å²) in [7, 11) is 0. The van der Waals surface area contributed by atoms with Gasteiger partial charge in [-0.05, 0) is 69.1 Å². The third-order valence-electron chi connectivity index (χ3n) is 5.50. The Bertz CT molecular complexity index is 363. The van der Waals surface area contributed by atoms with E-state index in [0.717, 1.165) is 0 Å². The largest absolute Gasteiger partial charge is 0.300 e. The Morgan fingerprint density at radius 1 is 0.938 bits per heavy atom. The summed E-state index contributed by atoms with van der Waals surface area (Å²) >= 11 is 0. The topological polar surface area (TPSA) is 17.1 Å². The molecule has 0 atom stereocenters. The molecule has 1 heteroatoms. The molecule has 0 aliphatic heterocycles. The van der Waals surface area contributed by atoms with Gasteiger partial charge in [-0.15, -0.1) is 0 Å². The van der Waals surface area contributed by atoms with E-state index in [-0.39, 0.29) is 0 Å². The smallest absolute Gasteiger partial charge is 0.134 e. The van der Waals surface area contributed by atoms with Crippen molar-refractivity contribution in [1.82, 2.24) is 0 Å². The van der Waals surface area contributed by atoms with Crippen molar-refractivity contribution in [1.29, 1.82) is 0 Å². The predicted molar refractivity (Wildman–Crippen MR) is 63.0 cm³/mol. The van der Waals surface area contributed by atoms with Gasteiger partial charge in [0.15, 0.2) is 0 Å². The zero-order chi connectivity index (χ0) is 11.0. The number of ketones is 1. The molecule has 0 heterocycles. The first kappa shape index (κ1) is 9.44. The number of carbonyl (C=O) groups is 1. The van der Waals surface area contributed by atoms with Gasteiger partial charge >= 0.3 is 0 Å². The van der Waals surface area contributed by atoms with Crippen LogP contribution in [-0.4, -0.2) is 5.78 Å². The summed E-state index contributed by atoms with van der Waals surface area (Å²) in [4.78, 5) is 11.1. The second-order valence-electron chi connectivity index (χ2n) is 6.56. The maximum atomic E-state index is 11.1. The van der Waals surface area contributed by atoms with Gasteiger partial charge in [0.05, 0.1) is 0 Å². The molecule has 5 fully saturated rings. The molecule has 86 valence electrons. The van der Waals surface area contributed by atoms with Crippen molar-refractivity contribution in [3.63, 3.8) is 0 Å². The molecule has 0 aromatic rings. The molecular weight excluding hydrogens is 196 g/mol. The summed E-state index contributed by atoms with van der Waals surface area (Å²) in [5.74, 6) is 0.981. The Balaban J connectivity index is 0.000000103. The zero-order valence-corrected chi connectivity index (χ0v) is 10.1. The second-order valence-corrected chi connectivity index (χ2v) is 6.56. The minimum atomic E-state index is 0.468. The first-order valence-electron chi connectivity index (χ1n) is 6.90. The third-order valence-corrected chi connectivity index (χ3v) is 5.50. The molecule has 0 aromatic carbocycles. The van der Waals surface area contributed by atoms with Crippen LogP contribution in [0.15, 0.2) is 11.1 Å². The maximum absolute atomic E-state index is 11.1. The van der Waals surface area contributed by atoms with Gasteiger partial charge in [-0.1, -0.05) is 11.1 Å². The van der Waals surface area contributed by atoms with Crippen LogP contribution in [-0.2, 0) is 4.79 Å². The van der Waals surface area contributed by atoms with Crippen LogP contribution in [0.1, 0.15) is 58.3 Å². The summed E-state index contributed by atoms with van der Waals surface area (Å²) < 4.78 is 0. The number of carbonyl (C=O) groups excluding carboxylic acids is 1. The first-order chi connectivity index (χ1) is 7.70. The minimum absolute atomic E-state index is 0.468. The van der Waals surface area contributed by atoms with Crippen molar-refractivity contribution in [3.8, 4) is 0 Å². The number of allylic oxidation sites excluding steroid dienone is 2. The van der Waals surface area contributed by atoms with Crippen LogP contribution >= 0.6 is 0 Å². The van der Waals surface area contributed by atoms with Gasteiger partial charge in [-0.2, -0.15) is 0 Å². The van der Waals surface area contributed by atoms with Crippen LogP contribution in [0.3, 0.4) is 0 Å². The van der Waals surface area contributed by atoms with Crippen molar-refractivity contribution >= 4 is 5.78 Å². The van der Waals surface area contributed by atoms with Crippen molar-refractivity contribution in [2.45, 2.75) is 58.3 Å². The van der Waals surface area contributed by atoms with Crippen molar-refractivity contribution in [2.75, 3.05) is 0 Å². The molecule has 16 heavy (non-hydrogen) atoms. The van der Waals surface area contributed by atoms with Gasteiger partial charge in [0.1, 0.15) is 5.78 Å². The van der Waals surface area contributed by atoms with E-state index in [1.54, 1.807) is 18.1 Å². The molecule has 0 amide bonds. The van der Waals surface area contributed by atoms with Gasteiger partial charge in [-0.25, -0.2) is 0 Å².